The smallest absolute Gasteiger partial charge is 0.387 e. The highest BCUT2D eigenvalue weighted by Gasteiger charge is 2.18. The van der Waals surface area contributed by atoms with E-state index in [-0.39, 0.29) is 24.1 Å². The van der Waals surface area contributed by atoms with Gasteiger partial charge in [0.25, 0.3) is 0 Å². The molecule has 0 radical (unpaired) electrons. The predicted molar refractivity (Wildman–Crippen MR) is 94.9 cm³/mol. The van der Waals surface area contributed by atoms with E-state index in [0.717, 1.165) is 11.1 Å². The van der Waals surface area contributed by atoms with Crippen molar-refractivity contribution >= 4 is 18.3 Å². The molecule has 136 valence electrons. The van der Waals surface area contributed by atoms with Crippen molar-refractivity contribution in [1.29, 1.82) is 0 Å². The Kier molecular flexibility index (Phi) is 8.31. The summed E-state index contributed by atoms with van der Waals surface area (Å²) >= 11 is 0. The molecule has 2 aromatic rings. The van der Waals surface area contributed by atoms with E-state index in [4.69, 9.17) is 5.73 Å². The van der Waals surface area contributed by atoms with Crippen LogP contribution < -0.4 is 10.5 Å². The molecule has 4 nitrogen and oxygen atoms in total. The standard InChI is InChI=1S/C18H20F2N2O2.ClH/c1-22(12-14-7-9-15(10-8-14)24-18(19)20)17(23)16(21)11-13-5-3-2-4-6-13;/h2-10,16,18H,11-12,21H2,1H3;1H/t16-;/m0./s1. The summed E-state index contributed by atoms with van der Waals surface area (Å²) in [5.41, 5.74) is 7.79. The molecule has 0 fully saturated rings. The van der Waals surface area contributed by atoms with Crippen LogP contribution in [0.2, 0.25) is 0 Å². The highest BCUT2D eigenvalue weighted by atomic mass is 35.5. The quantitative estimate of drug-likeness (QED) is 0.814. The van der Waals surface area contributed by atoms with Crippen LogP contribution in [0.3, 0.4) is 0 Å². The number of benzene rings is 2. The lowest BCUT2D eigenvalue weighted by atomic mass is 10.1. The number of nitrogens with two attached hydrogens (primary N) is 1. The summed E-state index contributed by atoms with van der Waals surface area (Å²) < 4.78 is 28.5. The van der Waals surface area contributed by atoms with Gasteiger partial charge in [0.05, 0.1) is 6.04 Å². The Morgan fingerprint density at radius 1 is 1.08 bits per heavy atom. The second kappa shape index (κ2) is 9.96. The molecule has 0 bridgehead atoms. The van der Waals surface area contributed by atoms with Crippen molar-refractivity contribution in [2.45, 2.75) is 25.6 Å². The van der Waals surface area contributed by atoms with Crippen LogP contribution in [-0.2, 0) is 17.8 Å². The first-order valence-corrected chi connectivity index (χ1v) is 7.54. The third-order valence-electron chi connectivity index (χ3n) is 3.56. The molecule has 2 aromatic carbocycles. The van der Waals surface area contributed by atoms with Crippen LogP contribution in [0, 0.1) is 0 Å². The van der Waals surface area contributed by atoms with Gasteiger partial charge in [0.1, 0.15) is 5.75 Å². The zero-order chi connectivity index (χ0) is 17.5. The molecule has 2 N–H and O–H groups in total. The number of halogens is 3. The molecule has 25 heavy (non-hydrogen) atoms. The topological polar surface area (TPSA) is 55.6 Å². The molecule has 0 aliphatic rings. The van der Waals surface area contributed by atoms with Gasteiger partial charge in [-0.15, -0.1) is 12.4 Å². The van der Waals surface area contributed by atoms with E-state index in [2.05, 4.69) is 4.74 Å². The normalized spacial score (nSPS) is 11.6. The predicted octanol–water partition coefficient (Wildman–Crippen LogP) is 3.24. The van der Waals surface area contributed by atoms with Crippen molar-refractivity contribution in [3.63, 3.8) is 0 Å². The Hall–Kier alpha value is -2.18. The second-order valence-electron chi connectivity index (χ2n) is 5.51. The summed E-state index contributed by atoms with van der Waals surface area (Å²) in [7, 11) is 1.66. The fourth-order valence-electron chi connectivity index (χ4n) is 2.37. The fraction of sp³-hybridized carbons (Fsp3) is 0.278. The van der Waals surface area contributed by atoms with Crippen molar-refractivity contribution < 1.29 is 18.3 Å². The van der Waals surface area contributed by atoms with Gasteiger partial charge in [0, 0.05) is 13.6 Å². The molecule has 2 rings (SSSR count). The molecule has 0 saturated heterocycles. The maximum atomic E-state index is 12.3. The van der Waals surface area contributed by atoms with Gasteiger partial charge < -0.3 is 15.4 Å². The van der Waals surface area contributed by atoms with E-state index in [1.807, 2.05) is 30.3 Å². The average molecular weight is 371 g/mol. The highest BCUT2D eigenvalue weighted by molar-refractivity contribution is 5.85. The summed E-state index contributed by atoms with van der Waals surface area (Å²) in [6.07, 6.45) is 0.463. The maximum Gasteiger partial charge on any atom is 0.387 e. The molecule has 0 aromatic heterocycles. The van der Waals surface area contributed by atoms with Crippen LogP contribution >= 0.6 is 12.4 Å². The number of rotatable bonds is 7. The molecule has 7 heteroatoms. The van der Waals surface area contributed by atoms with Crippen LogP contribution in [0.15, 0.2) is 54.6 Å². The Balaban J connectivity index is 0.00000312. The van der Waals surface area contributed by atoms with Crippen LogP contribution in [0.25, 0.3) is 0 Å². The number of carbonyl (C=O) groups excluding carboxylic acids is 1. The highest BCUT2D eigenvalue weighted by Crippen LogP contribution is 2.16. The van der Waals surface area contributed by atoms with Crippen LogP contribution in [-0.4, -0.2) is 30.5 Å². The van der Waals surface area contributed by atoms with Crippen LogP contribution in [0.4, 0.5) is 8.78 Å². The van der Waals surface area contributed by atoms with E-state index >= 15 is 0 Å². The van der Waals surface area contributed by atoms with Gasteiger partial charge >= 0.3 is 6.61 Å². The molecule has 0 aliphatic heterocycles. The lowest BCUT2D eigenvalue weighted by Gasteiger charge is -2.21. The van der Waals surface area contributed by atoms with Gasteiger partial charge in [-0.25, -0.2) is 0 Å². The number of alkyl halides is 2. The number of hydrogen-bond acceptors (Lipinski definition) is 3. The Morgan fingerprint density at radius 2 is 1.68 bits per heavy atom. The van der Waals surface area contributed by atoms with Crippen molar-refractivity contribution in [2.75, 3.05) is 7.05 Å². The van der Waals surface area contributed by atoms with E-state index in [1.54, 1.807) is 19.2 Å². The number of hydrogen-bond donors (Lipinski definition) is 1. The van der Waals surface area contributed by atoms with Crippen molar-refractivity contribution in [3.8, 4) is 5.75 Å². The lowest BCUT2D eigenvalue weighted by molar-refractivity contribution is -0.131. The Bertz CT molecular complexity index is 654. The molecule has 0 heterocycles. The minimum absolute atomic E-state index is 0. The van der Waals surface area contributed by atoms with Crippen molar-refractivity contribution in [2.24, 2.45) is 5.73 Å². The van der Waals surface area contributed by atoms with Gasteiger partial charge in [-0.3, -0.25) is 4.79 Å². The Morgan fingerprint density at radius 3 is 2.24 bits per heavy atom. The van der Waals surface area contributed by atoms with Crippen molar-refractivity contribution in [3.05, 3.63) is 65.7 Å². The minimum atomic E-state index is -2.85. The Labute approximate surface area is 152 Å². The fourth-order valence-corrected chi connectivity index (χ4v) is 2.37. The summed E-state index contributed by atoms with van der Waals surface area (Å²) in [6.45, 7) is -2.51. The monoisotopic (exact) mass is 370 g/mol. The third-order valence-corrected chi connectivity index (χ3v) is 3.56. The summed E-state index contributed by atoms with van der Waals surface area (Å²) in [5.74, 6) is -0.0877. The van der Waals surface area contributed by atoms with Gasteiger partial charge in [-0.05, 0) is 29.7 Å². The molecule has 0 saturated carbocycles. The number of likely N-dealkylation sites (N-methyl/N-ethyl adjacent to an activating group) is 1. The summed E-state index contributed by atoms with van der Waals surface area (Å²) in [4.78, 5) is 13.9. The number of ether oxygens (including phenoxy) is 1. The van der Waals surface area contributed by atoms with E-state index in [1.165, 1.54) is 17.0 Å². The SMILES string of the molecule is CN(Cc1ccc(OC(F)F)cc1)C(=O)[C@@H](N)Cc1ccccc1.Cl. The minimum Gasteiger partial charge on any atom is -0.435 e. The van der Waals surface area contributed by atoms with E-state index in [9.17, 15) is 13.6 Å². The number of carbonyl (C=O) groups is 1. The second-order valence-corrected chi connectivity index (χ2v) is 5.51. The largest absolute Gasteiger partial charge is 0.435 e. The van der Waals surface area contributed by atoms with Gasteiger partial charge in [-0.2, -0.15) is 8.78 Å². The molecule has 0 unspecified atom stereocenters. The maximum absolute atomic E-state index is 12.3. The zero-order valence-electron chi connectivity index (χ0n) is 13.8. The van der Waals surface area contributed by atoms with Crippen molar-refractivity contribution in [1.82, 2.24) is 4.90 Å². The van der Waals surface area contributed by atoms with E-state index in [0.29, 0.717) is 13.0 Å². The summed E-state index contributed by atoms with van der Waals surface area (Å²) in [6, 6.07) is 15.1. The average Bonchev–Trinajstić information content (AvgIpc) is 2.56. The molecular formula is C18H21ClF2N2O2. The molecule has 0 spiro atoms. The molecule has 1 atom stereocenters. The van der Waals surface area contributed by atoms with Gasteiger partial charge in [0.2, 0.25) is 5.91 Å². The first-order chi connectivity index (χ1) is 11.5. The number of amides is 1. The third kappa shape index (κ3) is 6.68. The summed E-state index contributed by atoms with van der Waals surface area (Å²) in [5, 5.41) is 0. The van der Waals surface area contributed by atoms with E-state index < -0.39 is 12.7 Å². The van der Waals surface area contributed by atoms with Gasteiger partial charge in [-0.1, -0.05) is 42.5 Å². The lowest BCUT2D eigenvalue weighted by Crippen LogP contribution is -2.42. The first-order valence-electron chi connectivity index (χ1n) is 7.54. The molecule has 1 amide bonds. The van der Waals surface area contributed by atoms with Gasteiger partial charge in [0.15, 0.2) is 0 Å². The van der Waals surface area contributed by atoms with Crippen LogP contribution in [0.1, 0.15) is 11.1 Å². The van der Waals surface area contributed by atoms with Crippen LogP contribution in [0.5, 0.6) is 5.75 Å². The molecular weight excluding hydrogens is 350 g/mol. The molecule has 0 aliphatic carbocycles. The first kappa shape index (κ1) is 20.9. The number of nitrogens with zero attached hydrogens (tertiary/aromatic N) is 1. The zero-order valence-corrected chi connectivity index (χ0v) is 14.6.